The van der Waals surface area contributed by atoms with Gasteiger partial charge in [0.25, 0.3) is 5.91 Å². The second-order valence-corrected chi connectivity index (χ2v) is 9.70. The number of benzene rings is 2. The number of piperidine rings is 1. The molecule has 7 nitrogen and oxygen atoms in total. The van der Waals surface area contributed by atoms with Crippen molar-refractivity contribution >= 4 is 56.8 Å². The lowest BCUT2D eigenvalue weighted by Gasteiger charge is -2.31. The lowest BCUT2D eigenvalue weighted by molar-refractivity contribution is -0.137. The van der Waals surface area contributed by atoms with Gasteiger partial charge in [0.1, 0.15) is 0 Å². The van der Waals surface area contributed by atoms with E-state index in [4.69, 9.17) is 0 Å². The van der Waals surface area contributed by atoms with Crippen LogP contribution in [0, 0.1) is 5.92 Å². The summed E-state index contributed by atoms with van der Waals surface area (Å²) in [6.45, 7) is 1.14. The minimum atomic E-state index is -0.293. The van der Waals surface area contributed by atoms with E-state index in [-0.39, 0.29) is 29.5 Å². The largest absolute Gasteiger partial charge is 0.468 e. The molecular weight excluding hydrogens is 446 g/mol. The number of nitrogens with one attached hydrogen (secondary N) is 1. The highest BCUT2D eigenvalue weighted by Crippen LogP contribution is 2.31. The van der Waals surface area contributed by atoms with Crippen molar-refractivity contribution < 1.29 is 19.1 Å². The van der Waals surface area contributed by atoms with Gasteiger partial charge < -0.3 is 15.0 Å². The molecule has 0 spiro atoms. The maximum atomic E-state index is 12.8. The van der Waals surface area contributed by atoms with Crippen LogP contribution in [0.1, 0.15) is 23.2 Å². The van der Waals surface area contributed by atoms with E-state index in [1.165, 1.54) is 30.2 Å². The standard InChI is InChI=1S/C23H23N3O4S2/c1-30-20(27)14-31-23-25-18-8-7-17(13-19(18)32-23)24-21(28)15-9-11-26(12-10-15)22(29)16-5-3-2-4-6-16/h2-8,13,15H,9-12,14H2,1H3,(H,24,28). The summed E-state index contributed by atoms with van der Waals surface area (Å²) in [5.41, 5.74) is 2.23. The molecule has 0 atom stereocenters. The molecule has 1 saturated heterocycles. The van der Waals surface area contributed by atoms with Crippen LogP contribution in [-0.4, -0.2) is 53.6 Å². The summed E-state index contributed by atoms with van der Waals surface area (Å²) < 4.78 is 6.38. The lowest BCUT2D eigenvalue weighted by atomic mass is 9.95. The summed E-state index contributed by atoms with van der Waals surface area (Å²) in [4.78, 5) is 43.0. The molecule has 2 aromatic carbocycles. The molecule has 3 aromatic rings. The van der Waals surface area contributed by atoms with Gasteiger partial charge in [-0.2, -0.15) is 0 Å². The van der Waals surface area contributed by atoms with E-state index in [9.17, 15) is 14.4 Å². The molecule has 1 aliphatic heterocycles. The molecule has 0 bridgehead atoms. The van der Waals surface area contributed by atoms with Crippen molar-refractivity contribution in [1.82, 2.24) is 9.88 Å². The Kier molecular flexibility index (Phi) is 7.06. The molecule has 32 heavy (non-hydrogen) atoms. The minimum absolute atomic E-state index is 0.0148. The van der Waals surface area contributed by atoms with Gasteiger partial charge in [-0.05, 0) is 43.2 Å². The van der Waals surface area contributed by atoms with E-state index in [0.717, 1.165) is 20.2 Å². The molecule has 1 fully saturated rings. The number of amides is 2. The lowest BCUT2D eigenvalue weighted by Crippen LogP contribution is -2.41. The first kappa shape index (κ1) is 22.3. The quantitative estimate of drug-likeness (QED) is 0.433. The van der Waals surface area contributed by atoms with Gasteiger partial charge in [0.15, 0.2) is 4.34 Å². The van der Waals surface area contributed by atoms with Gasteiger partial charge in [-0.1, -0.05) is 30.0 Å². The molecule has 1 N–H and O–H groups in total. The van der Waals surface area contributed by atoms with Crippen molar-refractivity contribution in [2.45, 2.75) is 17.2 Å². The highest BCUT2D eigenvalue weighted by molar-refractivity contribution is 8.01. The molecule has 2 heterocycles. The Morgan fingerprint density at radius 3 is 2.62 bits per heavy atom. The van der Waals surface area contributed by atoms with Crippen LogP contribution in [0.5, 0.6) is 0 Å². The highest BCUT2D eigenvalue weighted by atomic mass is 32.2. The molecule has 1 aromatic heterocycles. The molecule has 9 heteroatoms. The predicted molar refractivity (Wildman–Crippen MR) is 126 cm³/mol. The summed E-state index contributed by atoms with van der Waals surface area (Å²) in [7, 11) is 1.36. The van der Waals surface area contributed by atoms with Gasteiger partial charge in [-0.15, -0.1) is 11.3 Å². The van der Waals surface area contributed by atoms with Crippen molar-refractivity contribution in [3.8, 4) is 0 Å². The third kappa shape index (κ3) is 5.28. The molecule has 0 unspecified atom stereocenters. The number of hydrogen-bond donors (Lipinski definition) is 1. The maximum absolute atomic E-state index is 12.8. The number of likely N-dealkylation sites (tertiary alicyclic amines) is 1. The Morgan fingerprint density at radius 2 is 1.91 bits per heavy atom. The number of thioether (sulfide) groups is 1. The Bertz CT molecular complexity index is 1120. The number of fused-ring (bicyclic) bond motifs is 1. The monoisotopic (exact) mass is 469 g/mol. The van der Waals surface area contributed by atoms with Crippen molar-refractivity contribution in [3.63, 3.8) is 0 Å². The predicted octanol–water partition coefficient (Wildman–Crippen LogP) is 4.05. The number of rotatable bonds is 6. The fourth-order valence-electron chi connectivity index (χ4n) is 3.57. The highest BCUT2D eigenvalue weighted by Gasteiger charge is 2.28. The Labute approximate surface area is 194 Å². The Balaban J connectivity index is 1.33. The summed E-state index contributed by atoms with van der Waals surface area (Å²) in [5.74, 6) is -0.218. The van der Waals surface area contributed by atoms with E-state index in [1.807, 2.05) is 53.4 Å². The number of nitrogens with zero attached hydrogens (tertiary/aromatic N) is 2. The first-order valence-corrected chi connectivity index (χ1v) is 12.1. The van der Waals surface area contributed by atoms with Crippen molar-refractivity contribution in [3.05, 3.63) is 54.1 Å². The van der Waals surface area contributed by atoms with Crippen LogP contribution in [0.25, 0.3) is 10.2 Å². The molecule has 4 rings (SSSR count). The van der Waals surface area contributed by atoms with Gasteiger partial charge in [0.05, 0.1) is 23.1 Å². The summed E-state index contributed by atoms with van der Waals surface area (Å²) in [6, 6.07) is 14.8. The Morgan fingerprint density at radius 1 is 1.16 bits per heavy atom. The Hall–Kier alpha value is -2.91. The average molecular weight is 470 g/mol. The van der Waals surface area contributed by atoms with Crippen LogP contribution in [0.2, 0.25) is 0 Å². The van der Waals surface area contributed by atoms with Crippen LogP contribution in [-0.2, 0) is 14.3 Å². The molecule has 0 aliphatic carbocycles. The normalized spacial score (nSPS) is 14.3. The first-order chi connectivity index (χ1) is 15.5. The third-order valence-electron chi connectivity index (χ3n) is 5.35. The zero-order chi connectivity index (χ0) is 22.5. The summed E-state index contributed by atoms with van der Waals surface area (Å²) in [6.07, 6.45) is 1.28. The summed E-state index contributed by atoms with van der Waals surface area (Å²) in [5, 5.41) is 3.00. The first-order valence-electron chi connectivity index (χ1n) is 10.3. The zero-order valence-corrected chi connectivity index (χ0v) is 19.2. The van der Waals surface area contributed by atoms with Crippen molar-refractivity contribution in [2.24, 2.45) is 5.92 Å². The fraction of sp³-hybridized carbons (Fsp3) is 0.304. The van der Waals surface area contributed by atoms with Gasteiger partial charge >= 0.3 is 5.97 Å². The second-order valence-electron chi connectivity index (χ2n) is 7.45. The summed E-state index contributed by atoms with van der Waals surface area (Å²) >= 11 is 2.81. The number of anilines is 1. The SMILES string of the molecule is COC(=O)CSc1nc2ccc(NC(=O)C3CCN(C(=O)c4ccccc4)CC3)cc2s1. The number of thiazole rings is 1. The average Bonchev–Trinajstić information content (AvgIpc) is 3.25. The maximum Gasteiger partial charge on any atom is 0.316 e. The van der Waals surface area contributed by atoms with E-state index in [0.29, 0.717) is 31.5 Å². The number of hydrogen-bond acceptors (Lipinski definition) is 7. The number of carbonyl (C=O) groups excluding carboxylic acids is 3. The van der Waals surface area contributed by atoms with E-state index in [2.05, 4.69) is 15.0 Å². The number of aromatic nitrogens is 1. The molecule has 2 amide bonds. The number of methoxy groups -OCH3 is 1. The van der Waals surface area contributed by atoms with Gasteiger partial charge in [-0.3, -0.25) is 14.4 Å². The second kappa shape index (κ2) is 10.1. The molecule has 1 aliphatic rings. The topological polar surface area (TPSA) is 88.6 Å². The number of ether oxygens (including phenoxy) is 1. The van der Waals surface area contributed by atoms with E-state index >= 15 is 0 Å². The number of carbonyl (C=O) groups is 3. The van der Waals surface area contributed by atoms with E-state index < -0.39 is 0 Å². The molecule has 0 radical (unpaired) electrons. The molecule has 166 valence electrons. The molecule has 0 saturated carbocycles. The van der Waals surface area contributed by atoms with Crippen LogP contribution < -0.4 is 5.32 Å². The zero-order valence-electron chi connectivity index (χ0n) is 17.6. The van der Waals surface area contributed by atoms with Crippen LogP contribution in [0.4, 0.5) is 5.69 Å². The molecular formula is C23H23N3O4S2. The van der Waals surface area contributed by atoms with Crippen LogP contribution in [0.15, 0.2) is 52.9 Å². The minimum Gasteiger partial charge on any atom is -0.468 e. The van der Waals surface area contributed by atoms with Crippen molar-refractivity contribution in [2.75, 3.05) is 31.3 Å². The van der Waals surface area contributed by atoms with Crippen LogP contribution in [0.3, 0.4) is 0 Å². The van der Waals surface area contributed by atoms with Gasteiger partial charge in [0.2, 0.25) is 5.91 Å². The van der Waals surface area contributed by atoms with Crippen molar-refractivity contribution in [1.29, 1.82) is 0 Å². The number of esters is 1. The van der Waals surface area contributed by atoms with Gasteiger partial charge in [0, 0.05) is 30.3 Å². The third-order valence-corrected chi connectivity index (χ3v) is 7.49. The fourth-order valence-corrected chi connectivity index (χ4v) is 5.52. The van der Waals surface area contributed by atoms with Crippen LogP contribution >= 0.6 is 23.1 Å². The smallest absolute Gasteiger partial charge is 0.316 e. The van der Waals surface area contributed by atoms with Gasteiger partial charge in [-0.25, -0.2) is 4.98 Å². The van der Waals surface area contributed by atoms with E-state index in [1.54, 1.807) is 0 Å².